The summed E-state index contributed by atoms with van der Waals surface area (Å²) in [5.41, 5.74) is 3.26. The topological polar surface area (TPSA) is 35.6 Å². The summed E-state index contributed by atoms with van der Waals surface area (Å²) in [5, 5.41) is 3.00. The molecule has 5 heteroatoms. The number of carbonyl (C=O) groups is 1. The zero-order valence-corrected chi connectivity index (χ0v) is 17.3. The van der Waals surface area contributed by atoms with Crippen LogP contribution in [0.25, 0.3) is 0 Å². The first-order chi connectivity index (χ1) is 13.0. The van der Waals surface area contributed by atoms with Gasteiger partial charge in [-0.05, 0) is 75.8 Å². The van der Waals surface area contributed by atoms with Gasteiger partial charge in [0, 0.05) is 29.4 Å². The zero-order valence-electron chi connectivity index (χ0n) is 16.4. The van der Waals surface area contributed by atoms with Crippen LogP contribution < -0.4 is 10.2 Å². The van der Waals surface area contributed by atoms with Gasteiger partial charge in [0.05, 0.1) is 5.75 Å². The van der Waals surface area contributed by atoms with E-state index in [0.29, 0.717) is 11.8 Å². The van der Waals surface area contributed by atoms with Gasteiger partial charge in [-0.25, -0.2) is 0 Å². The Balaban J connectivity index is 1.51. The molecule has 0 saturated carbocycles. The van der Waals surface area contributed by atoms with E-state index < -0.39 is 0 Å². The van der Waals surface area contributed by atoms with Gasteiger partial charge in [0.15, 0.2) is 0 Å². The van der Waals surface area contributed by atoms with Crippen LogP contribution in [-0.4, -0.2) is 49.8 Å². The normalized spacial score (nSPS) is 15.5. The quantitative estimate of drug-likeness (QED) is 0.756. The molecule has 0 bridgehead atoms. The first-order valence-corrected chi connectivity index (χ1v) is 10.5. The number of hydrogen-bond donors (Lipinski definition) is 1. The van der Waals surface area contributed by atoms with E-state index in [1.807, 2.05) is 24.3 Å². The second-order valence-corrected chi connectivity index (χ2v) is 8.31. The van der Waals surface area contributed by atoms with Gasteiger partial charge in [-0.2, -0.15) is 0 Å². The highest BCUT2D eigenvalue weighted by Gasteiger charge is 2.20. The van der Waals surface area contributed by atoms with Crippen LogP contribution in [0.5, 0.6) is 0 Å². The molecule has 1 aliphatic heterocycles. The van der Waals surface area contributed by atoms with Gasteiger partial charge in [-0.15, -0.1) is 11.8 Å². The molecule has 27 heavy (non-hydrogen) atoms. The Bertz CT molecular complexity index is 754. The fourth-order valence-corrected chi connectivity index (χ4v) is 4.26. The number of anilines is 2. The minimum absolute atomic E-state index is 0.0275. The molecule has 1 fully saturated rings. The van der Waals surface area contributed by atoms with Gasteiger partial charge < -0.3 is 15.1 Å². The van der Waals surface area contributed by atoms with E-state index in [1.165, 1.54) is 24.1 Å². The van der Waals surface area contributed by atoms with Crippen molar-refractivity contribution in [3.63, 3.8) is 0 Å². The monoisotopic (exact) mass is 383 g/mol. The van der Waals surface area contributed by atoms with Crippen molar-refractivity contribution in [2.24, 2.45) is 0 Å². The van der Waals surface area contributed by atoms with Gasteiger partial charge in [0.25, 0.3) is 0 Å². The predicted molar refractivity (Wildman–Crippen MR) is 116 cm³/mol. The van der Waals surface area contributed by atoms with E-state index in [9.17, 15) is 4.79 Å². The lowest BCUT2D eigenvalue weighted by Gasteiger charge is -2.36. The SMILES string of the molecule is Cc1ccccc1SCC(=O)Nc1ccc(N(C)C2CCN(C)CC2)cc1. The maximum atomic E-state index is 12.2. The Morgan fingerprint density at radius 2 is 1.81 bits per heavy atom. The standard InChI is InChI=1S/C22H29N3OS/c1-17-6-4-5-7-21(17)27-16-22(26)23-18-8-10-19(11-9-18)25(3)20-12-14-24(2)15-13-20/h4-11,20H,12-16H2,1-3H3,(H,23,26). The van der Waals surface area contributed by atoms with Crippen molar-refractivity contribution in [3.05, 3.63) is 54.1 Å². The third kappa shape index (κ3) is 5.50. The van der Waals surface area contributed by atoms with Crippen LogP contribution in [0.1, 0.15) is 18.4 Å². The molecule has 0 aliphatic carbocycles. The van der Waals surface area contributed by atoms with Crippen LogP contribution in [-0.2, 0) is 4.79 Å². The second-order valence-electron chi connectivity index (χ2n) is 7.29. The fraction of sp³-hybridized carbons (Fsp3) is 0.409. The van der Waals surface area contributed by atoms with Crippen LogP contribution in [0, 0.1) is 6.92 Å². The van der Waals surface area contributed by atoms with E-state index >= 15 is 0 Å². The lowest BCUT2D eigenvalue weighted by atomic mass is 10.0. The molecule has 0 spiro atoms. The lowest BCUT2D eigenvalue weighted by molar-refractivity contribution is -0.113. The number of carbonyl (C=O) groups excluding carboxylic acids is 1. The van der Waals surface area contributed by atoms with E-state index in [1.54, 1.807) is 11.8 Å². The molecule has 2 aromatic carbocycles. The van der Waals surface area contributed by atoms with Gasteiger partial charge >= 0.3 is 0 Å². The Morgan fingerprint density at radius 3 is 2.48 bits per heavy atom. The fourth-order valence-electron chi connectivity index (χ4n) is 3.43. The average molecular weight is 384 g/mol. The molecular formula is C22H29N3OS. The smallest absolute Gasteiger partial charge is 0.234 e. The van der Waals surface area contributed by atoms with Crippen molar-refractivity contribution < 1.29 is 4.79 Å². The summed E-state index contributed by atoms with van der Waals surface area (Å²) in [6, 6.07) is 16.9. The molecule has 3 rings (SSSR count). The molecule has 1 amide bonds. The maximum Gasteiger partial charge on any atom is 0.234 e. The molecule has 0 radical (unpaired) electrons. The number of nitrogens with zero attached hydrogens (tertiary/aromatic N) is 2. The third-order valence-corrected chi connectivity index (χ3v) is 6.42. The highest BCUT2D eigenvalue weighted by atomic mass is 32.2. The summed E-state index contributed by atoms with van der Waals surface area (Å²) in [7, 11) is 4.35. The molecule has 4 nitrogen and oxygen atoms in total. The largest absolute Gasteiger partial charge is 0.372 e. The van der Waals surface area contributed by atoms with E-state index in [-0.39, 0.29) is 5.91 Å². The zero-order chi connectivity index (χ0) is 19.2. The van der Waals surface area contributed by atoms with E-state index in [4.69, 9.17) is 0 Å². The number of aryl methyl sites for hydroxylation is 1. The van der Waals surface area contributed by atoms with E-state index in [2.05, 4.69) is 60.4 Å². The molecule has 0 atom stereocenters. The third-order valence-electron chi connectivity index (χ3n) is 5.25. The molecule has 144 valence electrons. The van der Waals surface area contributed by atoms with Crippen molar-refractivity contribution in [3.8, 4) is 0 Å². The molecule has 0 aromatic heterocycles. The number of thioether (sulfide) groups is 1. The average Bonchev–Trinajstić information content (AvgIpc) is 2.68. The molecular weight excluding hydrogens is 354 g/mol. The second kappa shape index (κ2) is 9.29. The summed E-state index contributed by atoms with van der Waals surface area (Å²) in [4.78, 5) is 18.2. The summed E-state index contributed by atoms with van der Waals surface area (Å²) >= 11 is 1.58. The van der Waals surface area contributed by atoms with Crippen LogP contribution >= 0.6 is 11.8 Å². The number of hydrogen-bond acceptors (Lipinski definition) is 4. The summed E-state index contributed by atoms with van der Waals surface area (Å²) < 4.78 is 0. The summed E-state index contributed by atoms with van der Waals surface area (Å²) in [5.74, 6) is 0.446. The number of likely N-dealkylation sites (tertiary alicyclic amines) is 1. The van der Waals surface area contributed by atoms with E-state index in [0.717, 1.165) is 23.7 Å². The number of nitrogens with one attached hydrogen (secondary N) is 1. The Hall–Kier alpha value is -1.98. The summed E-state index contributed by atoms with van der Waals surface area (Å²) in [6.45, 7) is 4.38. The summed E-state index contributed by atoms with van der Waals surface area (Å²) in [6.07, 6.45) is 2.39. The minimum Gasteiger partial charge on any atom is -0.372 e. The number of benzene rings is 2. The highest BCUT2D eigenvalue weighted by Crippen LogP contribution is 2.24. The molecule has 1 N–H and O–H groups in total. The number of amides is 1. The first kappa shape index (κ1) is 19.8. The highest BCUT2D eigenvalue weighted by molar-refractivity contribution is 8.00. The number of piperidine rings is 1. The minimum atomic E-state index is 0.0275. The molecule has 0 unspecified atom stereocenters. The Labute approximate surface area is 166 Å². The van der Waals surface area contributed by atoms with Crippen molar-refractivity contribution in [2.75, 3.05) is 43.2 Å². The van der Waals surface area contributed by atoms with Gasteiger partial charge in [0.2, 0.25) is 5.91 Å². The number of rotatable bonds is 6. The molecule has 2 aromatic rings. The van der Waals surface area contributed by atoms with Crippen LogP contribution in [0.2, 0.25) is 0 Å². The van der Waals surface area contributed by atoms with Crippen LogP contribution in [0.3, 0.4) is 0 Å². The van der Waals surface area contributed by atoms with Gasteiger partial charge in [-0.3, -0.25) is 4.79 Å². The Kier molecular flexibility index (Phi) is 6.80. The van der Waals surface area contributed by atoms with Crippen molar-refractivity contribution in [1.29, 1.82) is 0 Å². The lowest BCUT2D eigenvalue weighted by Crippen LogP contribution is -2.41. The maximum absolute atomic E-state index is 12.2. The predicted octanol–water partition coefficient (Wildman–Crippen LogP) is 4.26. The van der Waals surface area contributed by atoms with Crippen molar-refractivity contribution in [1.82, 2.24) is 4.90 Å². The molecule has 1 aliphatic rings. The van der Waals surface area contributed by atoms with Crippen LogP contribution in [0.15, 0.2) is 53.4 Å². The molecule has 1 heterocycles. The first-order valence-electron chi connectivity index (χ1n) is 9.52. The molecule has 1 saturated heterocycles. The van der Waals surface area contributed by atoms with Crippen LogP contribution in [0.4, 0.5) is 11.4 Å². The van der Waals surface area contributed by atoms with Gasteiger partial charge in [-0.1, -0.05) is 18.2 Å². The van der Waals surface area contributed by atoms with Crippen molar-refractivity contribution >= 4 is 29.0 Å². The van der Waals surface area contributed by atoms with Crippen molar-refractivity contribution in [2.45, 2.75) is 30.7 Å². The Morgan fingerprint density at radius 1 is 1.15 bits per heavy atom. The van der Waals surface area contributed by atoms with Gasteiger partial charge in [0.1, 0.15) is 0 Å².